The van der Waals surface area contributed by atoms with Crippen LogP contribution in [0.15, 0.2) is 54.6 Å². The normalized spacial score (nSPS) is 11.9. The van der Waals surface area contributed by atoms with Gasteiger partial charge in [0, 0.05) is 15.1 Å². The molecule has 4 aromatic rings. The van der Waals surface area contributed by atoms with Crippen LogP contribution < -0.4 is 0 Å². The number of phenols is 1. The summed E-state index contributed by atoms with van der Waals surface area (Å²) < 4.78 is 15.2. The molecule has 0 aliphatic rings. The average Bonchev–Trinajstić information content (AvgIpc) is 3.08. The van der Waals surface area contributed by atoms with Gasteiger partial charge in [0.2, 0.25) is 0 Å². The first kappa shape index (κ1) is 19.6. The number of hydrogen-bond donors (Lipinski definition) is 1. The second kappa shape index (κ2) is 7.25. The van der Waals surface area contributed by atoms with E-state index in [0.29, 0.717) is 16.7 Å². The van der Waals surface area contributed by atoms with Gasteiger partial charge < -0.3 is 5.11 Å². The minimum Gasteiger partial charge on any atom is -0.505 e. The molecule has 142 valence electrons. The van der Waals surface area contributed by atoms with Crippen molar-refractivity contribution in [2.45, 2.75) is 19.3 Å². The van der Waals surface area contributed by atoms with E-state index in [1.54, 1.807) is 6.07 Å². The third kappa shape index (κ3) is 3.28. The van der Waals surface area contributed by atoms with Crippen molar-refractivity contribution in [1.29, 1.82) is 0 Å². The number of aromatic nitrogens is 3. The number of nitrogens with zero attached hydrogens (tertiary/aromatic N) is 3. The van der Waals surface area contributed by atoms with E-state index in [1.165, 1.54) is 16.9 Å². The van der Waals surface area contributed by atoms with Crippen molar-refractivity contribution in [3.8, 4) is 11.4 Å². The van der Waals surface area contributed by atoms with Crippen molar-refractivity contribution in [2.24, 2.45) is 0 Å². The largest absolute Gasteiger partial charge is 0.505 e. The minimum absolute atomic E-state index is 0.112. The second-order valence-corrected chi connectivity index (χ2v) is 9.27. The Bertz CT molecular complexity index is 1190. The predicted octanol–water partition coefficient (Wildman–Crippen LogP) is 5.80. The van der Waals surface area contributed by atoms with Crippen molar-refractivity contribution in [3.63, 3.8) is 0 Å². The summed E-state index contributed by atoms with van der Waals surface area (Å²) in [7, 11) is 0. The zero-order valence-corrected chi connectivity index (χ0v) is 19.4. The number of rotatable bonds is 3. The maximum absolute atomic E-state index is 13.5. The average molecular weight is 599 g/mol. The molecule has 1 N–H and O–H groups in total. The lowest BCUT2D eigenvalue weighted by Gasteiger charge is -2.29. The molecule has 4 nitrogen and oxygen atoms in total. The Balaban J connectivity index is 1.88. The van der Waals surface area contributed by atoms with Crippen LogP contribution in [0.2, 0.25) is 0 Å². The molecular formula is C21H16FI2N3O. The molecule has 0 bridgehead atoms. The van der Waals surface area contributed by atoms with Gasteiger partial charge in [0.1, 0.15) is 22.5 Å². The van der Waals surface area contributed by atoms with E-state index in [-0.39, 0.29) is 17.0 Å². The van der Waals surface area contributed by atoms with Crippen LogP contribution >= 0.6 is 45.2 Å². The molecule has 0 spiro atoms. The van der Waals surface area contributed by atoms with E-state index in [4.69, 9.17) is 0 Å². The van der Waals surface area contributed by atoms with E-state index >= 15 is 0 Å². The lowest BCUT2D eigenvalue weighted by Crippen LogP contribution is -2.22. The molecule has 0 aliphatic heterocycles. The molecule has 0 aliphatic carbocycles. The molecule has 28 heavy (non-hydrogen) atoms. The van der Waals surface area contributed by atoms with Crippen LogP contribution in [0.3, 0.4) is 0 Å². The summed E-state index contributed by atoms with van der Waals surface area (Å²) in [6, 6.07) is 16.3. The Kier molecular flexibility index (Phi) is 5.07. The van der Waals surface area contributed by atoms with E-state index < -0.39 is 0 Å². The van der Waals surface area contributed by atoms with E-state index in [2.05, 4.69) is 81.4 Å². The fourth-order valence-electron chi connectivity index (χ4n) is 3.32. The van der Waals surface area contributed by atoms with Gasteiger partial charge in [0.05, 0.1) is 3.57 Å². The van der Waals surface area contributed by atoms with Crippen LogP contribution in [0.4, 0.5) is 4.39 Å². The van der Waals surface area contributed by atoms with Gasteiger partial charge in [-0.3, -0.25) is 0 Å². The standard InChI is InChI=1S/C21H16FI2N3O/c1-21(2,12-6-4-3-5-7-12)18-14(23)11-17(20(28)19(18)24)27-25-15-9-8-13(22)10-16(15)26-27/h3-11,28H,1-2H3. The van der Waals surface area contributed by atoms with Gasteiger partial charge in [0.15, 0.2) is 5.75 Å². The molecular weight excluding hydrogens is 583 g/mol. The lowest BCUT2D eigenvalue weighted by molar-refractivity contribution is 0.460. The fraction of sp³-hybridized carbons (Fsp3) is 0.143. The highest BCUT2D eigenvalue weighted by Crippen LogP contribution is 2.42. The van der Waals surface area contributed by atoms with Crippen LogP contribution in [-0.4, -0.2) is 20.1 Å². The van der Waals surface area contributed by atoms with Gasteiger partial charge in [0.25, 0.3) is 0 Å². The lowest BCUT2D eigenvalue weighted by atomic mass is 9.78. The first-order valence-corrected chi connectivity index (χ1v) is 10.7. The number of halogens is 3. The molecule has 3 aromatic carbocycles. The molecule has 1 aromatic heterocycles. The maximum Gasteiger partial charge on any atom is 0.156 e. The summed E-state index contributed by atoms with van der Waals surface area (Å²) in [5.74, 6) is -0.256. The Morgan fingerprint density at radius 1 is 0.964 bits per heavy atom. The van der Waals surface area contributed by atoms with Gasteiger partial charge in [-0.05, 0) is 74.5 Å². The van der Waals surface area contributed by atoms with E-state index in [1.807, 2.05) is 24.3 Å². The smallest absolute Gasteiger partial charge is 0.156 e. The third-order valence-corrected chi connectivity index (χ3v) is 6.75. The summed E-state index contributed by atoms with van der Waals surface area (Å²) in [5, 5.41) is 19.7. The molecule has 4 rings (SSSR count). The monoisotopic (exact) mass is 599 g/mol. The molecule has 0 unspecified atom stereocenters. The molecule has 0 radical (unpaired) electrons. The van der Waals surface area contributed by atoms with Crippen molar-refractivity contribution >= 4 is 56.2 Å². The zero-order chi connectivity index (χ0) is 20.1. The molecule has 0 atom stereocenters. The van der Waals surface area contributed by atoms with Crippen LogP contribution in [0, 0.1) is 13.0 Å². The second-order valence-electron chi connectivity index (χ2n) is 7.03. The highest BCUT2D eigenvalue weighted by molar-refractivity contribution is 14.1. The number of phenolic OH excluding ortho intramolecular Hbond substituents is 1. The number of fused-ring (bicyclic) bond motifs is 1. The van der Waals surface area contributed by atoms with Crippen LogP contribution in [-0.2, 0) is 5.41 Å². The van der Waals surface area contributed by atoms with Crippen molar-refractivity contribution in [3.05, 3.63) is 78.7 Å². The molecule has 0 amide bonds. The Morgan fingerprint density at radius 2 is 1.64 bits per heavy atom. The van der Waals surface area contributed by atoms with Crippen LogP contribution in [0.5, 0.6) is 5.75 Å². The molecule has 1 heterocycles. The summed E-state index contributed by atoms with van der Waals surface area (Å²) in [5.41, 5.74) is 3.39. The van der Waals surface area contributed by atoms with Gasteiger partial charge in [-0.1, -0.05) is 44.2 Å². The molecule has 0 saturated carbocycles. The summed E-state index contributed by atoms with van der Waals surface area (Å²) in [6.45, 7) is 4.29. The van der Waals surface area contributed by atoms with Gasteiger partial charge in [-0.2, -0.15) is 0 Å². The van der Waals surface area contributed by atoms with Crippen LogP contribution in [0.25, 0.3) is 16.7 Å². The topological polar surface area (TPSA) is 50.9 Å². The summed E-state index contributed by atoms with van der Waals surface area (Å²) in [4.78, 5) is 1.36. The molecule has 0 saturated heterocycles. The first-order chi connectivity index (χ1) is 13.3. The third-order valence-electron chi connectivity index (χ3n) is 4.85. The quantitative estimate of drug-likeness (QED) is 0.303. The van der Waals surface area contributed by atoms with Gasteiger partial charge >= 0.3 is 0 Å². The predicted molar refractivity (Wildman–Crippen MR) is 124 cm³/mol. The van der Waals surface area contributed by atoms with Crippen molar-refractivity contribution in [2.75, 3.05) is 0 Å². The Labute approximate surface area is 189 Å². The van der Waals surface area contributed by atoms with E-state index in [0.717, 1.165) is 18.3 Å². The zero-order valence-electron chi connectivity index (χ0n) is 15.1. The Morgan fingerprint density at radius 3 is 2.36 bits per heavy atom. The van der Waals surface area contributed by atoms with Gasteiger partial charge in [-0.15, -0.1) is 15.0 Å². The summed E-state index contributed by atoms with van der Waals surface area (Å²) in [6.07, 6.45) is 0. The first-order valence-electron chi connectivity index (χ1n) is 8.59. The summed E-state index contributed by atoms with van der Waals surface area (Å²) >= 11 is 4.46. The highest BCUT2D eigenvalue weighted by Gasteiger charge is 2.30. The minimum atomic E-state index is -0.368. The molecule has 7 heteroatoms. The number of benzene rings is 3. The maximum atomic E-state index is 13.5. The van der Waals surface area contributed by atoms with E-state index in [9.17, 15) is 9.50 Å². The van der Waals surface area contributed by atoms with Gasteiger partial charge in [-0.25, -0.2) is 4.39 Å². The van der Waals surface area contributed by atoms with Crippen molar-refractivity contribution < 1.29 is 9.50 Å². The highest BCUT2D eigenvalue weighted by atomic mass is 127. The molecule has 0 fully saturated rings. The number of hydrogen-bond acceptors (Lipinski definition) is 3. The Hall–Kier alpha value is -1.75. The number of aromatic hydroxyl groups is 1. The van der Waals surface area contributed by atoms with Crippen molar-refractivity contribution in [1.82, 2.24) is 15.0 Å². The fourth-order valence-corrected chi connectivity index (χ4v) is 6.31. The SMILES string of the molecule is CC(C)(c1ccccc1)c1c(I)cc(-n2nc3ccc(F)cc3n2)c(O)c1I. The van der Waals surface area contributed by atoms with Crippen LogP contribution in [0.1, 0.15) is 25.0 Å².